The molecule has 0 unspecified atom stereocenters. The molecule has 0 spiro atoms. The molecular formula is C21H22ClNO3S. The number of hydrogen-bond donors (Lipinski definition) is 1. The van der Waals surface area contributed by atoms with Crippen molar-refractivity contribution >= 4 is 45.9 Å². The SMILES string of the molecule is CCCOC(=O)c1c(NC(=O)/C=C/c2ccc(Cl)cc2)sc2c1CCCC2. The zero-order valence-electron chi connectivity index (χ0n) is 15.2. The molecule has 27 heavy (non-hydrogen) atoms. The number of aryl methyl sites for hydroxylation is 1. The topological polar surface area (TPSA) is 55.4 Å². The summed E-state index contributed by atoms with van der Waals surface area (Å²) >= 11 is 7.36. The molecular weight excluding hydrogens is 382 g/mol. The standard InChI is InChI=1S/C21H22ClNO3S/c1-2-13-26-21(25)19-16-5-3-4-6-17(16)27-20(19)23-18(24)12-9-14-7-10-15(22)11-8-14/h7-12H,2-6,13H2,1H3,(H,23,24)/b12-9+. The molecule has 1 N–H and O–H groups in total. The van der Waals surface area contributed by atoms with Crippen LogP contribution in [-0.2, 0) is 22.4 Å². The fourth-order valence-corrected chi connectivity index (χ4v) is 4.44. The Morgan fingerprint density at radius 2 is 1.96 bits per heavy atom. The summed E-state index contributed by atoms with van der Waals surface area (Å²) < 4.78 is 5.35. The maximum Gasteiger partial charge on any atom is 0.341 e. The zero-order valence-corrected chi connectivity index (χ0v) is 16.8. The van der Waals surface area contributed by atoms with Crippen LogP contribution in [0.4, 0.5) is 5.00 Å². The number of thiophene rings is 1. The number of carbonyl (C=O) groups is 2. The Hall–Kier alpha value is -2.11. The molecule has 0 aliphatic heterocycles. The maximum absolute atomic E-state index is 12.6. The van der Waals surface area contributed by atoms with Gasteiger partial charge in [0.05, 0.1) is 12.2 Å². The summed E-state index contributed by atoms with van der Waals surface area (Å²) in [7, 11) is 0. The minimum atomic E-state index is -0.340. The van der Waals surface area contributed by atoms with Gasteiger partial charge < -0.3 is 10.1 Å². The van der Waals surface area contributed by atoms with Crippen molar-refractivity contribution in [1.82, 2.24) is 0 Å². The molecule has 2 aromatic rings. The Labute approximate surface area is 168 Å². The smallest absolute Gasteiger partial charge is 0.341 e. The predicted octanol–water partition coefficient (Wildman–Crippen LogP) is 5.50. The van der Waals surface area contributed by atoms with Crippen LogP contribution < -0.4 is 5.32 Å². The molecule has 1 aromatic carbocycles. The quantitative estimate of drug-likeness (QED) is 0.511. The number of esters is 1. The molecule has 4 nitrogen and oxygen atoms in total. The molecule has 0 radical (unpaired) electrons. The van der Waals surface area contributed by atoms with Gasteiger partial charge in [0.1, 0.15) is 5.00 Å². The lowest BCUT2D eigenvalue weighted by molar-refractivity contribution is -0.111. The van der Waals surface area contributed by atoms with Crippen LogP contribution in [0.15, 0.2) is 30.3 Å². The lowest BCUT2D eigenvalue weighted by Crippen LogP contribution is -2.14. The van der Waals surface area contributed by atoms with Crippen LogP contribution >= 0.6 is 22.9 Å². The first-order chi connectivity index (χ1) is 13.1. The van der Waals surface area contributed by atoms with Crippen molar-refractivity contribution in [2.75, 3.05) is 11.9 Å². The van der Waals surface area contributed by atoms with E-state index in [-0.39, 0.29) is 11.9 Å². The van der Waals surface area contributed by atoms with Crippen molar-refractivity contribution in [3.8, 4) is 0 Å². The molecule has 0 fully saturated rings. The van der Waals surface area contributed by atoms with E-state index in [2.05, 4.69) is 5.32 Å². The highest BCUT2D eigenvalue weighted by Crippen LogP contribution is 2.38. The number of halogens is 1. The van der Waals surface area contributed by atoms with Gasteiger partial charge in [0.2, 0.25) is 5.91 Å². The average molecular weight is 404 g/mol. The Kier molecular flexibility index (Phi) is 6.69. The van der Waals surface area contributed by atoms with E-state index in [0.29, 0.717) is 22.2 Å². The third-order valence-electron chi connectivity index (χ3n) is 4.35. The fourth-order valence-electron chi connectivity index (χ4n) is 3.04. The van der Waals surface area contributed by atoms with Gasteiger partial charge in [-0.05, 0) is 61.4 Å². The molecule has 6 heteroatoms. The van der Waals surface area contributed by atoms with Crippen LogP contribution in [-0.4, -0.2) is 18.5 Å². The molecule has 1 aliphatic carbocycles. The number of anilines is 1. The van der Waals surface area contributed by atoms with Gasteiger partial charge in [0.15, 0.2) is 0 Å². The predicted molar refractivity (Wildman–Crippen MR) is 111 cm³/mol. The van der Waals surface area contributed by atoms with Crippen LogP contribution in [0.3, 0.4) is 0 Å². The monoisotopic (exact) mass is 403 g/mol. The molecule has 0 bridgehead atoms. The van der Waals surface area contributed by atoms with E-state index in [0.717, 1.165) is 43.2 Å². The van der Waals surface area contributed by atoms with Gasteiger partial charge in [-0.25, -0.2) is 4.79 Å². The van der Waals surface area contributed by atoms with Crippen molar-refractivity contribution < 1.29 is 14.3 Å². The van der Waals surface area contributed by atoms with Gasteiger partial charge in [-0.2, -0.15) is 0 Å². The highest BCUT2D eigenvalue weighted by molar-refractivity contribution is 7.17. The van der Waals surface area contributed by atoms with Crippen molar-refractivity contribution in [3.63, 3.8) is 0 Å². The van der Waals surface area contributed by atoms with E-state index in [9.17, 15) is 9.59 Å². The van der Waals surface area contributed by atoms with Crippen molar-refractivity contribution in [2.45, 2.75) is 39.0 Å². The van der Waals surface area contributed by atoms with Crippen LogP contribution in [0.2, 0.25) is 5.02 Å². The van der Waals surface area contributed by atoms with Gasteiger partial charge in [0, 0.05) is 16.0 Å². The van der Waals surface area contributed by atoms with Crippen LogP contribution in [0.5, 0.6) is 0 Å². The number of benzene rings is 1. The Balaban J connectivity index is 1.78. The Morgan fingerprint density at radius 3 is 2.70 bits per heavy atom. The van der Waals surface area contributed by atoms with E-state index in [4.69, 9.17) is 16.3 Å². The first-order valence-corrected chi connectivity index (χ1v) is 10.3. The second-order valence-electron chi connectivity index (χ2n) is 6.43. The molecule has 1 heterocycles. The molecule has 3 rings (SSSR count). The minimum absolute atomic E-state index is 0.270. The summed E-state index contributed by atoms with van der Waals surface area (Å²) in [4.78, 5) is 26.1. The molecule has 1 aromatic heterocycles. The maximum atomic E-state index is 12.6. The summed E-state index contributed by atoms with van der Waals surface area (Å²) in [5, 5.41) is 4.11. The lowest BCUT2D eigenvalue weighted by Gasteiger charge is -2.12. The van der Waals surface area contributed by atoms with Gasteiger partial charge in [-0.15, -0.1) is 11.3 Å². The number of carbonyl (C=O) groups excluding carboxylic acids is 2. The third kappa shape index (κ3) is 4.99. The van der Waals surface area contributed by atoms with Crippen LogP contribution in [0, 0.1) is 0 Å². The normalized spacial score (nSPS) is 13.4. The largest absolute Gasteiger partial charge is 0.462 e. The summed E-state index contributed by atoms with van der Waals surface area (Å²) in [5.74, 6) is -0.610. The first-order valence-electron chi connectivity index (χ1n) is 9.14. The van der Waals surface area contributed by atoms with Gasteiger partial charge in [-0.1, -0.05) is 30.7 Å². The molecule has 0 saturated heterocycles. The van der Waals surface area contributed by atoms with Crippen molar-refractivity contribution in [2.24, 2.45) is 0 Å². The average Bonchev–Trinajstić information content (AvgIpc) is 3.03. The first kappa shape index (κ1) is 19.6. The van der Waals surface area contributed by atoms with Crippen molar-refractivity contribution in [3.05, 3.63) is 56.9 Å². The Bertz CT molecular complexity index is 855. The van der Waals surface area contributed by atoms with Gasteiger partial charge >= 0.3 is 5.97 Å². The number of hydrogen-bond acceptors (Lipinski definition) is 4. The molecule has 0 saturated carbocycles. The lowest BCUT2D eigenvalue weighted by atomic mass is 9.95. The minimum Gasteiger partial charge on any atom is -0.462 e. The number of nitrogens with one attached hydrogen (secondary N) is 1. The van der Waals surface area contributed by atoms with Gasteiger partial charge in [-0.3, -0.25) is 4.79 Å². The second kappa shape index (κ2) is 9.20. The van der Waals surface area contributed by atoms with Crippen LogP contribution in [0.1, 0.15) is 52.5 Å². The number of rotatable bonds is 6. The van der Waals surface area contributed by atoms with Crippen molar-refractivity contribution in [1.29, 1.82) is 0 Å². The highest BCUT2D eigenvalue weighted by Gasteiger charge is 2.27. The summed E-state index contributed by atoms with van der Waals surface area (Å²) in [5.41, 5.74) is 2.46. The highest BCUT2D eigenvalue weighted by atomic mass is 35.5. The molecule has 1 aliphatic rings. The van der Waals surface area contributed by atoms with E-state index in [1.807, 2.05) is 19.1 Å². The van der Waals surface area contributed by atoms with Gasteiger partial charge in [0.25, 0.3) is 0 Å². The van der Waals surface area contributed by atoms with Crippen LogP contribution in [0.25, 0.3) is 6.08 Å². The molecule has 1 amide bonds. The van der Waals surface area contributed by atoms with E-state index in [1.54, 1.807) is 18.2 Å². The zero-order chi connectivity index (χ0) is 19.2. The molecule has 0 atom stereocenters. The third-order valence-corrected chi connectivity index (χ3v) is 5.81. The summed E-state index contributed by atoms with van der Waals surface area (Å²) in [6.07, 6.45) is 7.92. The number of fused-ring (bicyclic) bond motifs is 1. The number of ether oxygens (including phenoxy) is 1. The van der Waals surface area contributed by atoms with E-state index in [1.165, 1.54) is 22.3 Å². The summed E-state index contributed by atoms with van der Waals surface area (Å²) in [6.45, 7) is 2.34. The molecule has 142 valence electrons. The fraction of sp³-hybridized carbons (Fsp3) is 0.333. The number of amides is 1. The van der Waals surface area contributed by atoms with E-state index < -0.39 is 0 Å². The van der Waals surface area contributed by atoms with E-state index >= 15 is 0 Å². The Morgan fingerprint density at radius 1 is 1.22 bits per heavy atom. The summed E-state index contributed by atoms with van der Waals surface area (Å²) in [6, 6.07) is 7.22. The second-order valence-corrected chi connectivity index (χ2v) is 7.97.